The highest BCUT2D eigenvalue weighted by Crippen LogP contribution is 2.07. The first-order chi connectivity index (χ1) is 6.15. The Morgan fingerprint density at radius 2 is 2.46 bits per heavy atom. The maximum atomic E-state index is 10.8. The predicted molar refractivity (Wildman–Crippen MR) is 52.4 cm³/mol. The van der Waals surface area contributed by atoms with E-state index in [0.29, 0.717) is 10.9 Å². The van der Waals surface area contributed by atoms with Gasteiger partial charge in [0.2, 0.25) is 0 Å². The number of nitrogens with zero attached hydrogens (tertiary/aromatic N) is 1. The Kier molecular flexibility index (Phi) is 2.80. The summed E-state index contributed by atoms with van der Waals surface area (Å²) in [5.74, 6) is -0.259. The Bertz CT molecular complexity index is 334. The number of amides is 1. The summed E-state index contributed by atoms with van der Waals surface area (Å²) in [6.07, 6.45) is 1.36. The molecule has 0 aliphatic rings. The molecule has 13 heavy (non-hydrogen) atoms. The molecule has 0 aliphatic carbocycles. The maximum absolute atomic E-state index is 10.8. The van der Waals surface area contributed by atoms with Crippen LogP contribution in [0.25, 0.3) is 0 Å². The number of carbonyl (C=O) groups is 1. The zero-order valence-electron chi connectivity index (χ0n) is 6.92. The van der Waals surface area contributed by atoms with Crippen LogP contribution in [0.3, 0.4) is 0 Å². The van der Waals surface area contributed by atoms with Crippen molar-refractivity contribution in [2.45, 2.75) is 0 Å². The van der Waals surface area contributed by atoms with Gasteiger partial charge in [-0.2, -0.15) is 0 Å². The second-order valence-corrected chi connectivity index (χ2v) is 2.60. The van der Waals surface area contributed by atoms with E-state index in [9.17, 15) is 4.79 Å². The lowest BCUT2D eigenvalue weighted by molar-refractivity contribution is 0.0997. The van der Waals surface area contributed by atoms with Crippen molar-refractivity contribution in [3.8, 4) is 0 Å². The van der Waals surface area contributed by atoms with Gasteiger partial charge in [0.15, 0.2) is 10.9 Å². The molecule has 6 nitrogen and oxygen atoms in total. The molecule has 1 aromatic rings. The number of imidazole rings is 1. The highest BCUT2D eigenvalue weighted by molar-refractivity contribution is 7.80. The third-order valence-corrected chi connectivity index (χ3v) is 1.65. The average Bonchev–Trinajstić information content (AvgIpc) is 2.52. The zero-order valence-corrected chi connectivity index (χ0v) is 7.73. The highest BCUT2D eigenvalue weighted by atomic mass is 32.1. The molecular weight excluding hydrogens is 190 g/mol. The highest BCUT2D eigenvalue weighted by Gasteiger charge is 2.10. The molecule has 5 N–H and O–H groups in total. The molecule has 0 atom stereocenters. The summed E-state index contributed by atoms with van der Waals surface area (Å²) in [7, 11) is 1.66. The van der Waals surface area contributed by atoms with Crippen LogP contribution < -0.4 is 16.4 Å². The van der Waals surface area contributed by atoms with Crippen LogP contribution in [0.2, 0.25) is 0 Å². The number of thiocarbonyl (C=S) groups is 1. The largest absolute Gasteiger partial charge is 0.365 e. The lowest BCUT2D eigenvalue weighted by Crippen LogP contribution is -2.26. The van der Waals surface area contributed by atoms with E-state index in [-0.39, 0.29) is 5.69 Å². The summed E-state index contributed by atoms with van der Waals surface area (Å²) >= 11 is 4.82. The van der Waals surface area contributed by atoms with Gasteiger partial charge in [0.05, 0.1) is 6.33 Å². The van der Waals surface area contributed by atoms with Gasteiger partial charge in [-0.3, -0.25) is 4.79 Å². The lowest BCUT2D eigenvalue weighted by Gasteiger charge is -2.04. The number of H-pyrrole nitrogens is 1. The number of nitrogens with two attached hydrogens (primary N) is 1. The second kappa shape index (κ2) is 3.85. The number of aromatic amines is 1. The van der Waals surface area contributed by atoms with Crippen molar-refractivity contribution in [2.75, 3.05) is 12.4 Å². The summed E-state index contributed by atoms with van der Waals surface area (Å²) in [5, 5.41) is 5.75. The number of primary amides is 1. The van der Waals surface area contributed by atoms with Crippen molar-refractivity contribution < 1.29 is 4.79 Å². The number of rotatable bonds is 2. The Hall–Kier alpha value is -1.63. The van der Waals surface area contributed by atoms with Crippen LogP contribution in [-0.4, -0.2) is 28.0 Å². The van der Waals surface area contributed by atoms with Gasteiger partial charge in [-0.05, 0) is 12.2 Å². The lowest BCUT2D eigenvalue weighted by atomic mass is 10.4. The molecule has 0 saturated heterocycles. The SMILES string of the molecule is CNC(=S)Nc1nc[nH]c1C(N)=O. The molecule has 0 fully saturated rings. The van der Waals surface area contributed by atoms with Gasteiger partial charge in [0.1, 0.15) is 5.69 Å². The van der Waals surface area contributed by atoms with Crippen LogP contribution >= 0.6 is 12.2 Å². The number of nitrogens with one attached hydrogen (secondary N) is 3. The van der Waals surface area contributed by atoms with Crippen molar-refractivity contribution in [3.63, 3.8) is 0 Å². The molecular formula is C6H9N5OS. The zero-order chi connectivity index (χ0) is 9.84. The number of hydrogen-bond acceptors (Lipinski definition) is 3. The quantitative estimate of drug-likeness (QED) is 0.478. The van der Waals surface area contributed by atoms with Gasteiger partial charge in [0, 0.05) is 7.05 Å². The fourth-order valence-corrected chi connectivity index (χ4v) is 0.844. The number of carbonyl (C=O) groups excluding carboxylic acids is 1. The van der Waals surface area contributed by atoms with E-state index in [1.165, 1.54) is 6.33 Å². The molecule has 1 rings (SSSR count). The molecule has 0 saturated carbocycles. The Balaban J connectivity index is 2.82. The fourth-order valence-electron chi connectivity index (χ4n) is 0.747. The first-order valence-electron chi connectivity index (χ1n) is 3.47. The van der Waals surface area contributed by atoms with E-state index in [0.717, 1.165) is 0 Å². The van der Waals surface area contributed by atoms with Gasteiger partial charge in [-0.15, -0.1) is 0 Å². The van der Waals surface area contributed by atoms with E-state index < -0.39 is 5.91 Å². The molecule has 0 unspecified atom stereocenters. The van der Waals surface area contributed by atoms with E-state index in [1.54, 1.807) is 7.05 Å². The van der Waals surface area contributed by atoms with Gasteiger partial charge in [-0.1, -0.05) is 0 Å². The minimum Gasteiger partial charge on any atom is -0.365 e. The fraction of sp³-hybridized carbons (Fsp3) is 0.167. The topological polar surface area (TPSA) is 95.8 Å². The first kappa shape index (κ1) is 9.46. The van der Waals surface area contributed by atoms with Crippen molar-refractivity contribution in [3.05, 3.63) is 12.0 Å². The third-order valence-electron chi connectivity index (χ3n) is 1.34. The van der Waals surface area contributed by atoms with Gasteiger partial charge in [-0.25, -0.2) is 4.98 Å². The normalized spacial score (nSPS) is 9.31. The number of aromatic nitrogens is 2. The van der Waals surface area contributed by atoms with E-state index in [1.807, 2.05) is 0 Å². The summed E-state index contributed by atoms with van der Waals surface area (Å²) in [5.41, 5.74) is 5.27. The predicted octanol–water partition coefficient (Wildman–Crippen LogP) is -0.575. The molecule has 1 heterocycles. The Labute approximate surface area is 79.9 Å². The molecule has 0 radical (unpaired) electrons. The van der Waals surface area contributed by atoms with Crippen LogP contribution in [-0.2, 0) is 0 Å². The molecule has 0 aliphatic heterocycles. The maximum Gasteiger partial charge on any atom is 0.269 e. The van der Waals surface area contributed by atoms with Crippen LogP contribution in [0.15, 0.2) is 6.33 Å². The van der Waals surface area contributed by atoms with Crippen LogP contribution in [0.5, 0.6) is 0 Å². The third kappa shape index (κ3) is 2.15. The minimum absolute atomic E-state index is 0.206. The average molecular weight is 199 g/mol. The monoisotopic (exact) mass is 199 g/mol. The Morgan fingerprint density at radius 3 is 3.00 bits per heavy atom. The minimum atomic E-state index is -0.584. The smallest absolute Gasteiger partial charge is 0.269 e. The standard InChI is InChI=1S/C6H9N5OS/c1-8-6(13)11-5-3(4(7)12)9-2-10-5/h2H,1H3,(H2,7,12)(H,9,10)(H2,8,11,13). The molecule has 1 aromatic heterocycles. The Morgan fingerprint density at radius 1 is 1.77 bits per heavy atom. The molecule has 1 amide bonds. The summed E-state index contributed by atoms with van der Waals surface area (Å²) < 4.78 is 0. The van der Waals surface area contributed by atoms with Crippen LogP contribution in [0.1, 0.15) is 10.5 Å². The molecule has 70 valence electrons. The molecule has 0 aromatic carbocycles. The summed E-state index contributed by atoms with van der Waals surface area (Å²) in [6, 6.07) is 0. The van der Waals surface area contributed by atoms with Crippen molar-refractivity contribution in [2.24, 2.45) is 5.73 Å². The summed E-state index contributed by atoms with van der Waals surface area (Å²) in [6.45, 7) is 0. The van der Waals surface area contributed by atoms with Crippen molar-refractivity contribution >= 4 is 29.1 Å². The summed E-state index contributed by atoms with van der Waals surface area (Å²) in [4.78, 5) is 17.2. The van der Waals surface area contributed by atoms with Crippen LogP contribution in [0, 0.1) is 0 Å². The van der Waals surface area contributed by atoms with E-state index in [4.69, 9.17) is 18.0 Å². The van der Waals surface area contributed by atoms with E-state index in [2.05, 4.69) is 20.6 Å². The molecule has 0 bridgehead atoms. The molecule has 7 heteroatoms. The number of anilines is 1. The van der Waals surface area contributed by atoms with E-state index >= 15 is 0 Å². The number of hydrogen-bond donors (Lipinski definition) is 4. The van der Waals surface area contributed by atoms with Crippen molar-refractivity contribution in [1.29, 1.82) is 0 Å². The van der Waals surface area contributed by atoms with Crippen molar-refractivity contribution in [1.82, 2.24) is 15.3 Å². The second-order valence-electron chi connectivity index (χ2n) is 2.19. The first-order valence-corrected chi connectivity index (χ1v) is 3.88. The molecule has 0 spiro atoms. The van der Waals surface area contributed by atoms with Crippen LogP contribution in [0.4, 0.5) is 5.82 Å². The van der Waals surface area contributed by atoms with Gasteiger partial charge >= 0.3 is 0 Å². The van der Waals surface area contributed by atoms with Gasteiger partial charge in [0.25, 0.3) is 5.91 Å². The van der Waals surface area contributed by atoms with Gasteiger partial charge < -0.3 is 21.4 Å².